The first-order valence-electron chi connectivity index (χ1n) is 9.51. The molecule has 1 aromatic rings. The second kappa shape index (κ2) is 7.09. The fourth-order valence-corrected chi connectivity index (χ4v) is 4.93. The standard InChI is InChI=1S/C20H29NO5S/c1-15-6-8-17(9-7-15)27(23,24)26-16-10-13-21(18(22)25-19(2,3)4)20(14-16)11-5-12-20/h6-9,16H,5,10-14H2,1-4H3. The molecule has 1 aromatic carbocycles. The molecule has 0 radical (unpaired) electrons. The molecule has 0 aromatic heterocycles. The Balaban J connectivity index is 1.71. The molecule has 150 valence electrons. The summed E-state index contributed by atoms with van der Waals surface area (Å²) < 4.78 is 36.3. The Morgan fingerprint density at radius 2 is 1.81 bits per heavy atom. The van der Waals surface area contributed by atoms with Crippen LogP contribution in [-0.4, -0.2) is 43.2 Å². The zero-order chi connectivity index (χ0) is 19.9. The minimum absolute atomic E-state index is 0.172. The van der Waals surface area contributed by atoms with Crippen molar-refractivity contribution in [2.24, 2.45) is 0 Å². The van der Waals surface area contributed by atoms with Crippen LogP contribution in [0, 0.1) is 6.92 Å². The number of nitrogens with zero attached hydrogens (tertiary/aromatic N) is 1. The summed E-state index contributed by atoms with van der Waals surface area (Å²) in [6.07, 6.45) is 3.00. The van der Waals surface area contributed by atoms with Crippen LogP contribution < -0.4 is 0 Å². The van der Waals surface area contributed by atoms with Crippen LogP contribution in [0.4, 0.5) is 4.79 Å². The van der Waals surface area contributed by atoms with Crippen LogP contribution in [0.5, 0.6) is 0 Å². The molecular formula is C20H29NO5S. The smallest absolute Gasteiger partial charge is 0.410 e. The minimum atomic E-state index is -3.81. The molecular weight excluding hydrogens is 366 g/mol. The predicted octanol–water partition coefficient (Wildman–Crippen LogP) is 4.02. The Kier molecular flexibility index (Phi) is 5.29. The Labute approximate surface area is 162 Å². The van der Waals surface area contributed by atoms with Gasteiger partial charge in [0.1, 0.15) is 5.60 Å². The van der Waals surface area contributed by atoms with E-state index in [1.165, 1.54) is 0 Å². The second-order valence-electron chi connectivity index (χ2n) is 8.69. The van der Waals surface area contributed by atoms with Gasteiger partial charge in [0.15, 0.2) is 0 Å². The summed E-state index contributed by atoms with van der Waals surface area (Å²) in [4.78, 5) is 14.6. The number of carbonyl (C=O) groups is 1. The van der Waals surface area contributed by atoms with Gasteiger partial charge in [-0.3, -0.25) is 4.18 Å². The molecule has 27 heavy (non-hydrogen) atoms. The number of piperidine rings is 1. The van der Waals surface area contributed by atoms with Crippen LogP contribution in [0.2, 0.25) is 0 Å². The first-order valence-corrected chi connectivity index (χ1v) is 10.9. The van der Waals surface area contributed by atoms with Crippen LogP contribution in [0.1, 0.15) is 58.4 Å². The lowest BCUT2D eigenvalue weighted by atomic mass is 9.69. The maximum atomic E-state index is 12.6. The summed E-state index contributed by atoms with van der Waals surface area (Å²) in [5.41, 5.74) is 0.103. The van der Waals surface area contributed by atoms with E-state index in [0.29, 0.717) is 19.4 Å². The highest BCUT2D eigenvalue weighted by molar-refractivity contribution is 7.86. The number of rotatable bonds is 3. The van der Waals surface area contributed by atoms with E-state index in [0.717, 1.165) is 24.8 Å². The monoisotopic (exact) mass is 395 g/mol. The van der Waals surface area contributed by atoms with Gasteiger partial charge in [0.2, 0.25) is 0 Å². The second-order valence-corrected chi connectivity index (χ2v) is 10.3. The van der Waals surface area contributed by atoms with Crippen LogP contribution in [0.15, 0.2) is 29.2 Å². The van der Waals surface area contributed by atoms with Crippen LogP contribution in [0.25, 0.3) is 0 Å². The number of hydrogen-bond donors (Lipinski definition) is 0. The Hall–Kier alpha value is -1.60. The third kappa shape index (κ3) is 4.46. The number of carbonyl (C=O) groups excluding carboxylic acids is 1. The molecule has 1 unspecified atom stereocenters. The predicted molar refractivity (Wildman–Crippen MR) is 102 cm³/mol. The maximum absolute atomic E-state index is 12.6. The van der Waals surface area contributed by atoms with E-state index in [9.17, 15) is 13.2 Å². The summed E-state index contributed by atoms with van der Waals surface area (Å²) in [5.74, 6) is 0. The normalized spacial score (nSPS) is 22.4. The molecule has 1 saturated heterocycles. The number of aryl methyl sites for hydroxylation is 1. The van der Waals surface area contributed by atoms with Crippen molar-refractivity contribution < 1.29 is 22.1 Å². The quantitative estimate of drug-likeness (QED) is 0.723. The van der Waals surface area contributed by atoms with Crippen molar-refractivity contribution in [3.8, 4) is 0 Å². The molecule has 0 bridgehead atoms. The van der Waals surface area contributed by atoms with Crippen molar-refractivity contribution in [1.29, 1.82) is 0 Å². The van der Waals surface area contributed by atoms with Gasteiger partial charge in [-0.15, -0.1) is 0 Å². The third-order valence-corrected chi connectivity index (χ3v) is 6.70. The molecule has 1 aliphatic heterocycles. The number of hydrogen-bond acceptors (Lipinski definition) is 5. The Bertz CT molecular complexity index is 791. The van der Waals surface area contributed by atoms with E-state index in [4.69, 9.17) is 8.92 Å². The molecule has 1 heterocycles. The molecule has 2 fully saturated rings. The first-order chi connectivity index (χ1) is 12.5. The lowest BCUT2D eigenvalue weighted by Crippen LogP contribution is -2.62. The molecule has 1 atom stereocenters. The van der Waals surface area contributed by atoms with Gasteiger partial charge in [-0.25, -0.2) is 4.79 Å². The van der Waals surface area contributed by atoms with Gasteiger partial charge in [-0.1, -0.05) is 17.7 Å². The maximum Gasteiger partial charge on any atom is 0.410 e. The van der Waals surface area contributed by atoms with Gasteiger partial charge in [0, 0.05) is 12.1 Å². The number of ether oxygens (including phenoxy) is 1. The number of likely N-dealkylation sites (tertiary alicyclic amines) is 1. The number of benzene rings is 1. The van der Waals surface area contributed by atoms with Crippen molar-refractivity contribution in [3.05, 3.63) is 29.8 Å². The lowest BCUT2D eigenvalue weighted by molar-refractivity contribution is -0.0663. The largest absolute Gasteiger partial charge is 0.444 e. The van der Waals surface area contributed by atoms with E-state index in [2.05, 4.69) is 0 Å². The van der Waals surface area contributed by atoms with E-state index >= 15 is 0 Å². The molecule has 0 N–H and O–H groups in total. The summed E-state index contributed by atoms with van der Waals surface area (Å²) in [7, 11) is -3.81. The van der Waals surface area contributed by atoms with Gasteiger partial charge >= 0.3 is 6.09 Å². The van der Waals surface area contributed by atoms with Gasteiger partial charge in [0.05, 0.1) is 11.0 Å². The highest BCUT2D eigenvalue weighted by Crippen LogP contribution is 2.46. The molecule has 1 amide bonds. The Morgan fingerprint density at radius 1 is 1.19 bits per heavy atom. The molecule has 3 rings (SSSR count). The lowest BCUT2D eigenvalue weighted by Gasteiger charge is -2.54. The van der Waals surface area contributed by atoms with Gasteiger partial charge in [-0.05, 0) is 71.9 Å². The van der Waals surface area contributed by atoms with E-state index in [1.54, 1.807) is 29.2 Å². The van der Waals surface area contributed by atoms with Gasteiger partial charge in [-0.2, -0.15) is 8.42 Å². The average Bonchev–Trinajstić information content (AvgIpc) is 2.51. The zero-order valence-corrected chi connectivity index (χ0v) is 17.3. The van der Waals surface area contributed by atoms with E-state index in [1.807, 2.05) is 27.7 Å². The Morgan fingerprint density at radius 3 is 2.33 bits per heavy atom. The topological polar surface area (TPSA) is 72.9 Å². The van der Waals surface area contributed by atoms with Crippen molar-refractivity contribution in [3.63, 3.8) is 0 Å². The van der Waals surface area contributed by atoms with Crippen molar-refractivity contribution >= 4 is 16.2 Å². The van der Waals surface area contributed by atoms with Crippen LogP contribution >= 0.6 is 0 Å². The zero-order valence-electron chi connectivity index (χ0n) is 16.5. The fraction of sp³-hybridized carbons (Fsp3) is 0.650. The minimum Gasteiger partial charge on any atom is -0.444 e. The molecule has 2 aliphatic rings. The summed E-state index contributed by atoms with van der Waals surface area (Å²) in [6, 6.07) is 6.66. The SMILES string of the molecule is Cc1ccc(S(=O)(=O)OC2CCN(C(=O)OC(C)(C)C)C3(CCC3)C2)cc1. The van der Waals surface area contributed by atoms with Crippen molar-refractivity contribution in [2.75, 3.05) is 6.54 Å². The molecule has 1 spiro atoms. The highest BCUT2D eigenvalue weighted by Gasteiger charge is 2.50. The number of amides is 1. The summed E-state index contributed by atoms with van der Waals surface area (Å²) in [5, 5.41) is 0. The first kappa shape index (κ1) is 20.1. The summed E-state index contributed by atoms with van der Waals surface area (Å²) in [6.45, 7) is 7.90. The van der Waals surface area contributed by atoms with E-state index < -0.39 is 21.8 Å². The average molecular weight is 396 g/mol. The van der Waals surface area contributed by atoms with Crippen molar-refractivity contribution in [1.82, 2.24) is 4.90 Å². The molecule has 6 nitrogen and oxygen atoms in total. The van der Waals surface area contributed by atoms with Gasteiger partial charge in [0.25, 0.3) is 10.1 Å². The van der Waals surface area contributed by atoms with E-state index in [-0.39, 0.29) is 16.5 Å². The van der Waals surface area contributed by atoms with Crippen LogP contribution in [-0.2, 0) is 19.0 Å². The summed E-state index contributed by atoms with van der Waals surface area (Å²) >= 11 is 0. The molecule has 7 heteroatoms. The fourth-order valence-electron chi connectivity index (χ4n) is 3.83. The van der Waals surface area contributed by atoms with Crippen molar-refractivity contribution in [2.45, 2.75) is 81.9 Å². The van der Waals surface area contributed by atoms with Crippen LogP contribution in [0.3, 0.4) is 0 Å². The molecule has 1 aliphatic carbocycles. The van der Waals surface area contributed by atoms with Gasteiger partial charge < -0.3 is 9.64 Å². The molecule has 1 saturated carbocycles. The third-order valence-electron chi connectivity index (χ3n) is 5.33. The highest BCUT2D eigenvalue weighted by atomic mass is 32.2.